The summed E-state index contributed by atoms with van der Waals surface area (Å²) in [5.74, 6) is -0.195. The Morgan fingerprint density at radius 1 is 1.45 bits per heavy atom. The minimum atomic E-state index is -4.44. The highest BCUT2D eigenvalue weighted by Gasteiger charge is 2.34. The van der Waals surface area contributed by atoms with Crippen molar-refractivity contribution in [1.82, 2.24) is 0 Å². The van der Waals surface area contributed by atoms with Gasteiger partial charge in [-0.2, -0.15) is 18.4 Å². The molecule has 0 radical (unpaired) electrons. The summed E-state index contributed by atoms with van der Waals surface area (Å²) in [6.45, 7) is 1.03. The minimum absolute atomic E-state index is 0.0491. The Morgan fingerprint density at radius 2 is 2.20 bits per heavy atom. The lowest BCUT2D eigenvalue weighted by atomic mass is 10.1. The Hall–Kier alpha value is -1.45. The molecule has 2 rings (SSSR count). The Kier molecular flexibility index (Phi) is 4.41. The second kappa shape index (κ2) is 5.90. The Bertz CT molecular complexity index is 527. The molecule has 1 saturated heterocycles. The monoisotopic (exact) mass is 304 g/mol. The molecule has 0 spiro atoms. The molecule has 108 valence electrons. The molecular formula is C13H12ClF3N2O. The van der Waals surface area contributed by atoms with Crippen LogP contribution in [0.15, 0.2) is 18.2 Å². The predicted octanol–water partition coefficient (Wildman–Crippen LogP) is 3.17. The number of rotatable bonds is 2. The summed E-state index contributed by atoms with van der Waals surface area (Å²) in [6.07, 6.45) is -5.06. The van der Waals surface area contributed by atoms with Crippen LogP contribution in [0, 0.1) is 11.3 Å². The molecule has 1 atom stereocenters. The first kappa shape index (κ1) is 14.9. The van der Waals surface area contributed by atoms with E-state index in [-0.39, 0.29) is 18.0 Å². The van der Waals surface area contributed by atoms with Crippen LogP contribution in [-0.2, 0) is 16.8 Å². The SMILES string of the molecule is N#CC1CN(c2ccc(CCl)c(C(F)(F)F)c2)CCO1. The van der Waals surface area contributed by atoms with E-state index < -0.39 is 17.8 Å². The van der Waals surface area contributed by atoms with Crippen LogP contribution in [0.1, 0.15) is 11.1 Å². The van der Waals surface area contributed by atoms with Gasteiger partial charge in [0.2, 0.25) is 0 Å². The van der Waals surface area contributed by atoms with Gasteiger partial charge in [0.05, 0.1) is 24.8 Å². The van der Waals surface area contributed by atoms with Crippen LogP contribution in [-0.4, -0.2) is 25.8 Å². The zero-order valence-electron chi connectivity index (χ0n) is 10.5. The molecule has 1 unspecified atom stereocenters. The highest BCUT2D eigenvalue weighted by molar-refractivity contribution is 6.17. The maximum atomic E-state index is 13.0. The van der Waals surface area contributed by atoms with E-state index in [1.54, 1.807) is 11.0 Å². The number of morpholine rings is 1. The van der Waals surface area contributed by atoms with Crippen molar-refractivity contribution in [2.75, 3.05) is 24.6 Å². The van der Waals surface area contributed by atoms with E-state index in [9.17, 15) is 13.2 Å². The fourth-order valence-corrected chi connectivity index (χ4v) is 2.34. The van der Waals surface area contributed by atoms with Crippen molar-refractivity contribution >= 4 is 17.3 Å². The molecule has 0 bridgehead atoms. The average molecular weight is 305 g/mol. The minimum Gasteiger partial charge on any atom is -0.366 e. The standard InChI is InChI=1S/C13H12ClF3N2O/c14-6-9-1-2-10(5-12(9)13(15,16)17)19-3-4-20-11(7-18)8-19/h1-2,5,11H,3-4,6,8H2. The number of anilines is 1. The van der Waals surface area contributed by atoms with Crippen LogP contribution in [0.4, 0.5) is 18.9 Å². The Morgan fingerprint density at radius 3 is 2.80 bits per heavy atom. The lowest BCUT2D eigenvalue weighted by molar-refractivity contribution is -0.138. The third-order valence-electron chi connectivity index (χ3n) is 3.12. The summed E-state index contributed by atoms with van der Waals surface area (Å²) < 4.78 is 44.1. The molecule has 1 aromatic carbocycles. The number of nitrogens with zero attached hydrogens (tertiary/aromatic N) is 2. The van der Waals surface area contributed by atoms with Gasteiger partial charge < -0.3 is 9.64 Å². The van der Waals surface area contributed by atoms with Crippen LogP contribution in [0.25, 0.3) is 0 Å². The van der Waals surface area contributed by atoms with E-state index in [1.165, 1.54) is 6.07 Å². The number of hydrogen-bond donors (Lipinski definition) is 0. The van der Waals surface area contributed by atoms with Gasteiger partial charge in [0.25, 0.3) is 0 Å². The number of nitriles is 1. The van der Waals surface area contributed by atoms with E-state index >= 15 is 0 Å². The highest BCUT2D eigenvalue weighted by Crippen LogP contribution is 2.35. The van der Waals surface area contributed by atoms with Gasteiger partial charge in [-0.1, -0.05) is 6.07 Å². The van der Waals surface area contributed by atoms with Crippen LogP contribution in [0.2, 0.25) is 0 Å². The number of alkyl halides is 4. The number of ether oxygens (including phenoxy) is 1. The second-order valence-electron chi connectivity index (χ2n) is 4.41. The van der Waals surface area contributed by atoms with Gasteiger partial charge in [0.1, 0.15) is 0 Å². The van der Waals surface area contributed by atoms with Crippen LogP contribution in [0.3, 0.4) is 0 Å². The van der Waals surface area contributed by atoms with Crippen LogP contribution < -0.4 is 4.90 Å². The molecule has 0 saturated carbocycles. The van der Waals surface area contributed by atoms with Crippen molar-refractivity contribution < 1.29 is 17.9 Å². The molecule has 0 aliphatic carbocycles. The van der Waals surface area contributed by atoms with Crippen molar-refractivity contribution in [2.24, 2.45) is 0 Å². The lowest BCUT2D eigenvalue weighted by Crippen LogP contribution is -2.41. The molecule has 0 amide bonds. The highest BCUT2D eigenvalue weighted by atomic mass is 35.5. The molecule has 1 heterocycles. The van der Waals surface area contributed by atoms with Gasteiger partial charge in [-0.3, -0.25) is 0 Å². The number of halogens is 4. The van der Waals surface area contributed by atoms with Crippen LogP contribution >= 0.6 is 11.6 Å². The van der Waals surface area contributed by atoms with Gasteiger partial charge in [0, 0.05) is 18.1 Å². The Labute approximate surface area is 119 Å². The first-order valence-corrected chi connectivity index (χ1v) is 6.51. The van der Waals surface area contributed by atoms with Crippen molar-refractivity contribution in [1.29, 1.82) is 5.26 Å². The number of hydrogen-bond acceptors (Lipinski definition) is 3. The summed E-state index contributed by atoms with van der Waals surface area (Å²) in [4.78, 5) is 1.71. The first-order valence-electron chi connectivity index (χ1n) is 5.98. The number of benzene rings is 1. The van der Waals surface area contributed by atoms with Crippen molar-refractivity contribution in [3.8, 4) is 6.07 Å². The largest absolute Gasteiger partial charge is 0.416 e. The van der Waals surface area contributed by atoms with Gasteiger partial charge in [-0.15, -0.1) is 11.6 Å². The summed E-state index contributed by atoms with van der Waals surface area (Å²) in [5.41, 5.74) is -0.257. The van der Waals surface area contributed by atoms with Gasteiger partial charge in [-0.05, 0) is 17.7 Å². The summed E-state index contributed by atoms with van der Waals surface area (Å²) >= 11 is 5.55. The molecule has 1 fully saturated rings. The predicted molar refractivity (Wildman–Crippen MR) is 68.6 cm³/mol. The van der Waals surface area contributed by atoms with E-state index in [2.05, 4.69) is 0 Å². The molecule has 7 heteroatoms. The Balaban J connectivity index is 2.31. The van der Waals surface area contributed by atoms with Crippen molar-refractivity contribution in [3.63, 3.8) is 0 Å². The van der Waals surface area contributed by atoms with Crippen molar-refractivity contribution in [3.05, 3.63) is 29.3 Å². The van der Waals surface area contributed by atoms with Gasteiger partial charge in [0.15, 0.2) is 6.10 Å². The zero-order valence-corrected chi connectivity index (χ0v) is 11.2. The maximum Gasteiger partial charge on any atom is 0.416 e. The molecule has 1 aliphatic rings. The van der Waals surface area contributed by atoms with Gasteiger partial charge in [-0.25, -0.2) is 0 Å². The fourth-order valence-electron chi connectivity index (χ4n) is 2.10. The fraction of sp³-hybridized carbons (Fsp3) is 0.462. The topological polar surface area (TPSA) is 36.3 Å². The quantitative estimate of drug-likeness (QED) is 0.787. The third kappa shape index (κ3) is 3.17. The third-order valence-corrected chi connectivity index (χ3v) is 3.41. The van der Waals surface area contributed by atoms with E-state index in [0.29, 0.717) is 18.8 Å². The molecular weight excluding hydrogens is 293 g/mol. The van der Waals surface area contributed by atoms with E-state index in [1.807, 2.05) is 6.07 Å². The normalized spacial score (nSPS) is 19.8. The van der Waals surface area contributed by atoms with E-state index in [4.69, 9.17) is 21.6 Å². The molecule has 0 aromatic heterocycles. The van der Waals surface area contributed by atoms with Crippen molar-refractivity contribution in [2.45, 2.75) is 18.2 Å². The maximum absolute atomic E-state index is 13.0. The smallest absolute Gasteiger partial charge is 0.366 e. The lowest BCUT2D eigenvalue weighted by Gasteiger charge is -2.32. The summed E-state index contributed by atoms with van der Waals surface area (Å²) in [6, 6.07) is 6.01. The van der Waals surface area contributed by atoms with Crippen LogP contribution in [0.5, 0.6) is 0 Å². The summed E-state index contributed by atoms with van der Waals surface area (Å²) in [5, 5.41) is 8.82. The van der Waals surface area contributed by atoms with Gasteiger partial charge >= 0.3 is 6.18 Å². The molecule has 1 aromatic rings. The summed E-state index contributed by atoms with van der Waals surface area (Å²) in [7, 11) is 0. The average Bonchev–Trinajstić information content (AvgIpc) is 2.45. The first-order chi connectivity index (χ1) is 9.45. The zero-order chi connectivity index (χ0) is 14.8. The molecule has 3 nitrogen and oxygen atoms in total. The van der Waals surface area contributed by atoms with E-state index in [0.717, 1.165) is 6.07 Å². The molecule has 0 N–H and O–H groups in total. The molecule has 1 aliphatic heterocycles. The second-order valence-corrected chi connectivity index (χ2v) is 4.67. The molecule has 20 heavy (non-hydrogen) atoms.